The van der Waals surface area contributed by atoms with Gasteiger partial charge in [0.2, 0.25) is 11.8 Å². The van der Waals surface area contributed by atoms with E-state index in [2.05, 4.69) is 16.0 Å². The van der Waals surface area contributed by atoms with Crippen LogP contribution in [-0.4, -0.2) is 71.2 Å². The summed E-state index contributed by atoms with van der Waals surface area (Å²) >= 11 is 0. The SMILES string of the molecule is O=C(Nc1ccccc1F)C(=O)N1CC2(CC2)C[C@H]1C(=O)N[C@@H](C[C@@H]1CCNC1=O)C(=O)CO. The van der Waals surface area contributed by atoms with Gasteiger partial charge in [-0.25, -0.2) is 4.39 Å². The van der Waals surface area contributed by atoms with Crippen molar-refractivity contribution < 1.29 is 33.5 Å². The predicted octanol–water partition coefficient (Wildman–Crippen LogP) is -0.282. The number of nitrogens with zero attached hydrogens (tertiary/aromatic N) is 1. The second-order valence-electron chi connectivity index (χ2n) is 9.28. The van der Waals surface area contributed by atoms with E-state index in [1.54, 1.807) is 0 Å². The van der Waals surface area contributed by atoms with E-state index in [1.165, 1.54) is 23.1 Å². The van der Waals surface area contributed by atoms with Crippen LogP contribution >= 0.6 is 0 Å². The molecular weight excluding hydrogens is 447 g/mol. The van der Waals surface area contributed by atoms with E-state index in [9.17, 15) is 33.5 Å². The maximum Gasteiger partial charge on any atom is 0.314 e. The highest BCUT2D eigenvalue weighted by Crippen LogP contribution is 2.54. The van der Waals surface area contributed by atoms with Gasteiger partial charge < -0.3 is 26.0 Å². The highest BCUT2D eigenvalue weighted by atomic mass is 19.1. The second-order valence-corrected chi connectivity index (χ2v) is 9.28. The molecule has 2 heterocycles. The van der Waals surface area contributed by atoms with Crippen LogP contribution in [0.1, 0.15) is 32.1 Å². The Balaban J connectivity index is 1.47. The van der Waals surface area contributed by atoms with Crippen molar-refractivity contribution in [3.8, 4) is 0 Å². The van der Waals surface area contributed by atoms with E-state index in [-0.39, 0.29) is 30.0 Å². The normalized spacial score (nSPS) is 23.4. The van der Waals surface area contributed by atoms with E-state index in [4.69, 9.17) is 0 Å². The maximum atomic E-state index is 13.9. The lowest BCUT2D eigenvalue weighted by molar-refractivity contribution is -0.146. The van der Waals surface area contributed by atoms with E-state index < -0.39 is 53.9 Å². The minimum atomic E-state index is -1.09. The zero-order valence-corrected chi connectivity index (χ0v) is 18.5. The Morgan fingerprint density at radius 3 is 2.59 bits per heavy atom. The van der Waals surface area contributed by atoms with Gasteiger partial charge in [0.05, 0.1) is 11.7 Å². The van der Waals surface area contributed by atoms with Crippen LogP contribution in [0, 0.1) is 17.2 Å². The number of halogens is 1. The summed E-state index contributed by atoms with van der Waals surface area (Å²) < 4.78 is 13.9. The van der Waals surface area contributed by atoms with Crippen LogP contribution < -0.4 is 16.0 Å². The molecule has 4 N–H and O–H groups in total. The van der Waals surface area contributed by atoms with Crippen LogP contribution in [-0.2, 0) is 24.0 Å². The lowest BCUT2D eigenvalue weighted by atomic mass is 9.95. The first-order valence-corrected chi connectivity index (χ1v) is 11.3. The molecule has 3 aliphatic rings. The number of amides is 4. The van der Waals surface area contributed by atoms with E-state index >= 15 is 0 Å². The van der Waals surface area contributed by atoms with Gasteiger partial charge in [-0.3, -0.25) is 24.0 Å². The minimum absolute atomic E-state index is 0.0382. The van der Waals surface area contributed by atoms with Crippen LogP contribution in [0.15, 0.2) is 24.3 Å². The first-order valence-electron chi connectivity index (χ1n) is 11.3. The number of carbonyl (C=O) groups excluding carboxylic acids is 5. The van der Waals surface area contributed by atoms with Crippen molar-refractivity contribution in [3.05, 3.63) is 30.1 Å². The Morgan fingerprint density at radius 1 is 1.24 bits per heavy atom. The van der Waals surface area contributed by atoms with Gasteiger partial charge in [0, 0.05) is 19.0 Å². The average molecular weight is 474 g/mol. The van der Waals surface area contributed by atoms with Crippen LogP contribution in [0.4, 0.5) is 10.1 Å². The summed E-state index contributed by atoms with van der Waals surface area (Å²) in [6.45, 7) is -0.123. The topological polar surface area (TPSA) is 145 Å². The predicted molar refractivity (Wildman–Crippen MR) is 117 cm³/mol. The third kappa shape index (κ3) is 4.93. The van der Waals surface area contributed by atoms with E-state index in [1.807, 2.05) is 0 Å². The first kappa shape index (κ1) is 23.8. The minimum Gasteiger partial charge on any atom is -0.389 e. The smallest absolute Gasteiger partial charge is 0.314 e. The standard InChI is InChI=1S/C23H27FN4O6/c24-14-3-1-2-4-15(14)26-21(33)22(34)28-12-23(6-7-23)10-17(28)20(32)27-16(18(30)11-29)9-13-5-8-25-19(13)31/h1-4,13,16-17,29H,5-12H2,(H,25,31)(H,26,33)(H,27,32)/t13-,16-,17-/m0/s1. The number of rotatable bonds is 7. The van der Waals surface area contributed by atoms with Crippen molar-refractivity contribution in [1.82, 2.24) is 15.5 Å². The summed E-state index contributed by atoms with van der Waals surface area (Å²) in [7, 11) is 0. The van der Waals surface area contributed by atoms with Gasteiger partial charge in [-0.1, -0.05) is 12.1 Å². The number of likely N-dealkylation sites (tertiary alicyclic amines) is 1. The highest BCUT2D eigenvalue weighted by Gasteiger charge is 2.56. The van der Waals surface area contributed by atoms with Gasteiger partial charge in [0.1, 0.15) is 18.5 Å². The molecule has 0 radical (unpaired) electrons. The summed E-state index contributed by atoms with van der Waals surface area (Å²) in [4.78, 5) is 64.0. The quantitative estimate of drug-likeness (QED) is 0.400. The number of hydrogen-bond donors (Lipinski definition) is 4. The number of carbonyl (C=O) groups is 5. The fraction of sp³-hybridized carbons (Fsp3) is 0.522. The lowest BCUT2D eigenvalue weighted by Crippen LogP contribution is -2.53. The number of hydrogen-bond acceptors (Lipinski definition) is 6. The van der Waals surface area contributed by atoms with Gasteiger partial charge in [-0.05, 0) is 49.7 Å². The van der Waals surface area contributed by atoms with Crippen LogP contribution in [0.3, 0.4) is 0 Å². The van der Waals surface area contributed by atoms with Crippen molar-refractivity contribution in [2.45, 2.75) is 44.2 Å². The van der Waals surface area contributed by atoms with Gasteiger partial charge in [0.15, 0.2) is 5.78 Å². The molecule has 3 fully saturated rings. The number of para-hydroxylation sites is 1. The molecule has 4 amide bonds. The third-order valence-electron chi connectivity index (χ3n) is 6.89. The Morgan fingerprint density at radius 2 is 1.97 bits per heavy atom. The lowest BCUT2D eigenvalue weighted by Gasteiger charge is -2.26. The van der Waals surface area contributed by atoms with E-state index in [0.29, 0.717) is 19.4 Å². The highest BCUT2D eigenvalue weighted by molar-refractivity contribution is 6.40. The number of aliphatic hydroxyl groups is 1. The molecule has 2 saturated heterocycles. The van der Waals surface area contributed by atoms with Crippen molar-refractivity contribution >= 4 is 35.1 Å². The summed E-state index contributed by atoms with van der Waals surface area (Å²) in [6, 6.07) is 3.34. The number of ketones is 1. The fourth-order valence-electron chi connectivity index (χ4n) is 4.72. The third-order valence-corrected chi connectivity index (χ3v) is 6.89. The molecule has 1 spiro atoms. The largest absolute Gasteiger partial charge is 0.389 e. The Hall–Kier alpha value is -3.34. The Kier molecular flexibility index (Phi) is 6.65. The van der Waals surface area contributed by atoms with Crippen molar-refractivity contribution in [2.24, 2.45) is 11.3 Å². The van der Waals surface area contributed by atoms with E-state index in [0.717, 1.165) is 18.9 Å². The van der Waals surface area contributed by atoms with Crippen LogP contribution in [0.25, 0.3) is 0 Å². The molecule has 2 aliphatic heterocycles. The fourth-order valence-corrected chi connectivity index (χ4v) is 4.72. The summed E-state index contributed by atoms with van der Waals surface area (Å²) in [5, 5.41) is 16.8. The molecule has 11 heteroatoms. The maximum absolute atomic E-state index is 13.9. The summed E-state index contributed by atoms with van der Waals surface area (Å²) in [5.74, 6) is -4.67. The molecule has 1 aliphatic carbocycles. The molecule has 0 aromatic heterocycles. The van der Waals surface area contributed by atoms with Gasteiger partial charge >= 0.3 is 11.8 Å². The summed E-state index contributed by atoms with van der Waals surface area (Å²) in [6.07, 6.45) is 2.49. The van der Waals surface area contributed by atoms with Crippen molar-refractivity contribution in [1.29, 1.82) is 0 Å². The molecule has 3 atom stereocenters. The number of Topliss-reactive ketones (excluding diaryl/α,β-unsaturated/α-hetero) is 1. The van der Waals surface area contributed by atoms with Crippen molar-refractivity contribution in [3.63, 3.8) is 0 Å². The summed E-state index contributed by atoms with van der Waals surface area (Å²) in [5.41, 5.74) is -0.400. The Bertz CT molecular complexity index is 1030. The average Bonchev–Trinajstić information content (AvgIpc) is 3.28. The zero-order valence-electron chi connectivity index (χ0n) is 18.5. The van der Waals surface area contributed by atoms with Gasteiger partial charge in [0.25, 0.3) is 0 Å². The first-order chi connectivity index (χ1) is 16.2. The molecule has 1 aromatic rings. The molecular formula is C23H27FN4O6. The molecule has 0 bridgehead atoms. The zero-order chi connectivity index (χ0) is 24.5. The van der Waals surface area contributed by atoms with Crippen molar-refractivity contribution in [2.75, 3.05) is 25.0 Å². The molecule has 34 heavy (non-hydrogen) atoms. The van der Waals surface area contributed by atoms with Crippen LogP contribution in [0.2, 0.25) is 0 Å². The van der Waals surface area contributed by atoms with Crippen LogP contribution in [0.5, 0.6) is 0 Å². The Labute approximate surface area is 195 Å². The second kappa shape index (κ2) is 9.49. The molecule has 0 unspecified atom stereocenters. The molecule has 10 nitrogen and oxygen atoms in total. The van der Waals surface area contributed by atoms with Gasteiger partial charge in [-0.15, -0.1) is 0 Å². The number of anilines is 1. The monoisotopic (exact) mass is 474 g/mol. The molecule has 1 saturated carbocycles. The number of nitrogens with one attached hydrogen (secondary N) is 3. The number of benzene rings is 1. The number of aliphatic hydroxyl groups excluding tert-OH is 1. The molecule has 182 valence electrons. The van der Waals surface area contributed by atoms with Gasteiger partial charge in [-0.2, -0.15) is 0 Å². The molecule has 4 rings (SSSR count). The molecule has 1 aromatic carbocycles.